The Morgan fingerprint density at radius 2 is 2.06 bits per heavy atom. The van der Waals surface area contributed by atoms with Crippen LogP contribution in [0.15, 0.2) is 30.3 Å². The minimum absolute atomic E-state index is 0.175. The second-order valence-corrected chi connectivity index (χ2v) is 6.02. The standard InChI is InChI=1S/C15H20N2O/c1-2-4-11(5-3-1)13-6-14(13)17-12-7-15(18-8-12)9-16-10-15/h1-5,12-14,16-17H,6-10H2/t12-,13+,14-/m1/s1. The van der Waals surface area contributed by atoms with Crippen molar-refractivity contribution in [1.82, 2.24) is 10.6 Å². The van der Waals surface area contributed by atoms with E-state index in [1.807, 2.05) is 0 Å². The third kappa shape index (κ3) is 1.87. The Morgan fingerprint density at radius 3 is 2.72 bits per heavy atom. The summed E-state index contributed by atoms with van der Waals surface area (Å²) in [5, 5.41) is 7.09. The molecule has 96 valence electrons. The summed E-state index contributed by atoms with van der Waals surface area (Å²) in [6.45, 7) is 2.97. The number of benzene rings is 1. The van der Waals surface area contributed by atoms with E-state index in [9.17, 15) is 0 Å². The lowest BCUT2D eigenvalue weighted by atomic mass is 9.92. The molecule has 4 rings (SSSR count). The summed E-state index contributed by atoms with van der Waals surface area (Å²) >= 11 is 0. The average Bonchev–Trinajstić information content (AvgIpc) is 2.97. The first-order valence-electron chi connectivity index (χ1n) is 7.00. The molecule has 1 spiro atoms. The van der Waals surface area contributed by atoms with Crippen LogP contribution < -0.4 is 10.6 Å². The second-order valence-electron chi connectivity index (χ2n) is 6.02. The molecule has 3 nitrogen and oxygen atoms in total. The Morgan fingerprint density at radius 1 is 1.22 bits per heavy atom. The lowest BCUT2D eigenvalue weighted by molar-refractivity contribution is -0.0360. The van der Waals surface area contributed by atoms with Gasteiger partial charge in [0, 0.05) is 31.1 Å². The van der Waals surface area contributed by atoms with Crippen LogP contribution in [0.5, 0.6) is 0 Å². The van der Waals surface area contributed by atoms with Gasteiger partial charge in [0.05, 0.1) is 12.2 Å². The monoisotopic (exact) mass is 244 g/mol. The molecule has 0 amide bonds. The van der Waals surface area contributed by atoms with Crippen LogP contribution >= 0.6 is 0 Å². The normalized spacial score (nSPS) is 36.6. The number of rotatable bonds is 3. The third-order valence-electron chi connectivity index (χ3n) is 4.57. The summed E-state index contributed by atoms with van der Waals surface area (Å²) in [6.07, 6.45) is 2.46. The molecule has 1 saturated carbocycles. The van der Waals surface area contributed by atoms with Gasteiger partial charge in [-0.3, -0.25) is 0 Å². The van der Waals surface area contributed by atoms with Crippen LogP contribution in [0.4, 0.5) is 0 Å². The molecule has 2 heterocycles. The number of hydrogen-bond acceptors (Lipinski definition) is 3. The van der Waals surface area contributed by atoms with Crippen LogP contribution in [-0.4, -0.2) is 37.4 Å². The molecule has 1 aromatic rings. The van der Waals surface area contributed by atoms with Gasteiger partial charge in [-0.25, -0.2) is 0 Å². The van der Waals surface area contributed by atoms with Gasteiger partial charge in [0.15, 0.2) is 0 Å². The van der Waals surface area contributed by atoms with Crippen molar-refractivity contribution in [1.29, 1.82) is 0 Å². The Hall–Kier alpha value is -0.900. The van der Waals surface area contributed by atoms with Gasteiger partial charge in [-0.05, 0) is 18.4 Å². The fourth-order valence-electron chi connectivity index (χ4n) is 3.35. The van der Waals surface area contributed by atoms with Gasteiger partial charge >= 0.3 is 0 Å². The van der Waals surface area contributed by atoms with Crippen molar-refractivity contribution < 1.29 is 4.74 Å². The lowest BCUT2D eigenvalue weighted by Gasteiger charge is -2.38. The van der Waals surface area contributed by atoms with E-state index in [-0.39, 0.29) is 5.60 Å². The highest BCUT2D eigenvalue weighted by atomic mass is 16.5. The SMILES string of the molecule is c1ccc([C@@H]2C[C@H]2N[C@H]2COC3(CNC3)C2)cc1. The molecular formula is C15H20N2O. The third-order valence-corrected chi connectivity index (χ3v) is 4.57. The van der Waals surface area contributed by atoms with Gasteiger partial charge in [-0.15, -0.1) is 0 Å². The predicted octanol–water partition coefficient (Wildman–Crippen LogP) is 1.26. The molecule has 0 aromatic heterocycles. The van der Waals surface area contributed by atoms with Gasteiger partial charge in [-0.2, -0.15) is 0 Å². The summed E-state index contributed by atoms with van der Waals surface area (Å²) < 4.78 is 5.93. The Balaban J connectivity index is 1.33. The predicted molar refractivity (Wildman–Crippen MR) is 70.7 cm³/mol. The van der Waals surface area contributed by atoms with E-state index in [0.717, 1.165) is 25.6 Å². The van der Waals surface area contributed by atoms with Crippen LogP contribution in [0.3, 0.4) is 0 Å². The molecule has 18 heavy (non-hydrogen) atoms. The Bertz CT molecular complexity index is 429. The maximum Gasteiger partial charge on any atom is 0.0946 e. The van der Waals surface area contributed by atoms with E-state index in [4.69, 9.17) is 4.74 Å². The van der Waals surface area contributed by atoms with Crippen molar-refractivity contribution in [2.75, 3.05) is 19.7 Å². The zero-order valence-electron chi connectivity index (χ0n) is 10.6. The molecule has 1 aromatic carbocycles. The number of ether oxygens (including phenoxy) is 1. The summed E-state index contributed by atoms with van der Waals surface area (Å²) in [4.78, 5) is 0. The van der Waals surface area contributed by atoms with Crippen molar-refractivity contribution in [3.63, 3.8) is 0 Å². The maximum absolute atomic E-state index is 5.93. The van der Waals surface area contributed by atoms with Crippen LogP contribution in [-0.2, 0) is 4.74 Å². The molecule has 0 unspecified atom stereocenters. The minimum atomic E-state index is 0.175. The van der Waals surface area contributed by atoms with Gasteiger partial charge in [0.1, 0.15) is 0 Å². The maximum atomic E-state index is 5.93. The van der Waals surface area contributed by atoms with Crippen molar-refractivity contribution in [2.45, 2.75) is 36.4 Å². The largest absolute Gasteiger partial charge is 0.371 e. The number of nitrogens with one attached hydrogen (secondary N) is 2. The van der Waals surface area contributed by atoms with Gasteiger partial charge in [0.2, 0.25) is 0 Å². The smallest absolute Gasteiger partial charge is 0.0946 e. The molecule has 2 N–H and O–H groups in total. The highest BCUT2D eigenvalue weighted by molar-refractivity contribution is 5.28. The van der Waals surface area contributed by atoms with E-state index in [0.29, 0.717) is 12.1 Å². The Labute approximate surface area is 108 Å². The molecule has 2 aliphatic heterocycles. The highest BCUT2D eigenvalue weighted by Gasteiger charge is 2.47. The van der Waals surface area contributed by atoms with Crippen LogP contribution in [0.1, 0.15) is 24.3 Å². The quantitative estimate of drug-likeness (QED) is 0.840. The first-order valence-corrected chi connectivity index (χ1v) is 7.00. The highest BCUT2D eigenvalue weighted by Crippen LogP contribution is 2.42. The van der Waals surface area contributed by atoms with E-state index < -0.39 is 0 Å². The lowest BCUT2D eigenvalue weighted by Crippen LogP contribution is -2.59. The average molecular weight is 244 g/mol. The molecule has 3 fully saturated rings. The summed E-state index contributed by atoms with van der Waals surface area (Å²) in [7, 11) is 0. The van der Waals surface area contributed by atoms with Crippen LogP contribution in [0, 0.1) is 0 Å². The first-order chi connectivity index (χ1) is 8.85. The van der Waals surface area contributed by atoms with Gasteiger partial charge in [0.25, 0.3) is 0 Å². The van der Waals surface area contributed by atoms with E-state index >= 15 is 0 Å². The van der Waals surface area contributed by atoms with E-state index in [2.05, 4.69) is 41.0 Å². The molecule has 0 radical (unpaired) electrons. The summed E-state index contributed by atoms with van der Waals surface area (Å²) in [5.74, 6) is 0.724. The zero-order chi connectivity index (χ0) is 12.0. The molecule has 3 heteroatoms. The minimum Gasteiger partial charge on any atom is -0.371 e. The van der Waals surface area contributed by atoms with Crippen LogP contribution in [0.2, 0.25) is 0 Å². The van der Waals surface area contributed by atoms with Gasteiger partial charge < -0.3 is 15.4 Å². The molecule has 3 aliphatic rings. The van der Waals surface area contributed by atoms with Crippen molar-refractivity contribution in [3.05, 3.63) is 35.9 Å². The summed E-state index contributed by atoms with van der Waals surface area (Å²) in [6, 6.07) is 12.1. The fraction of sp³-hybridized carbons (Fsp3) is 0.600. The molecular weight excluding hydrogens is 224 g/mol. The fourth-order valence-corrected chi connectivity index (χ4v) is 3.35. The molecule has 3 atom stereocenters. The van der Waals surface area contributed by atoms with Crippen molar-refractivity contribution in [2.24, 2.45) is 0 Å². The van der Waals surface area contributed by atoms with Crippen molar-refractivity contribution in [3.8, 4) is 0 Å². The molecule has 2 saturated heterocycles. The zero-order valence-corrected chi connectivity index (χ0v) is 10.6. The van der Waals surface area contributed by atoms with E-state index in [1.165, 1.54) is 18.4 Å². The van der Waals surface area contributed by atoms with Gasteiger partial charge in [-0.1, -0.05) is 30.3 Å². The van der Waals surface area contributed by atoms with Crippen molar-refractivity contribution >= 4 is 0 Å². The molecule has 0 bridgehead atoms. The second kappa shape index (κ2) is 4.05. The molecule has 1 aliphatic carbocycles. The first kappa shape index (κ1) is 11.0. The Kier molecular flexibility index (Phi) is 2.47. The number of hydrogen-bond donors (Lipinski definition) is 2. The van der Waals surface area contributed by atoms with E-state index in [1.54, 1.807) is 0 Å². The topological polar surface area (TPSA) is 33.3 Å². The summed E-state index contributed by atoms with van der Waals surface area (Å²) in [5.41, 5.74) is 1.66. The van der Waals surface area contributed by atoms with Crippen LogP contribution in [0.25, 0.3) is 0 Å².